The second-order valence-corrected chi connectivity index (χ2v) is 6.92. The Kier molecular flexibility index (Phi) is 4.98. The third kappa shape index (κ3) is 3.61. The van der Waals surface area contributed by atoms with E-state index >= 15 is 0 Å². The number of para-hydroxylation sites is 1. The number of nitrogens with zero attached hydrogens (tertiary/aromatic N) is 3. The number of aromatic nitrogens is 3. The summed E-state index contributed by atoms with van der Waals surface area (Å²) in [6.45, 7) is 0.601. The largest absolute Gasteiger partial charge is 0.349 e. The van der Waals surface area contributed by atoms with Crippen molar-refractivity contribution in [3.63, 3.8) is 0 Å². The fourth-order valence-electron chi connectivity index (χ4n) is 3.72. The molecule has 1 aromatic carbocycles. The lowest BCUT2D eigenvalue weighted by molar-refractivity contribution is 0.0929. The van der Waals surface area contributed by atoms with Crippen LogP contribution in [-0.2, 0) is 0 Å². The molecule has 0 bridgehead atoms. The molecule has 2 aromatic heterocycles. The lowest BCUT2D eigenvalue weighted by atomic mass is 10.0. The SMILES string of the molecule is NCC1CCCC1NC(=O)c1cn(-c2ccccc2)nc1-c1cccnc1. The van der Waals surface area contributed by atoms with Gasteiger partial charge in [0.2, 0.25) is 0 Å². The van der Waals surface area contributed by atoms with Crippen LogP contribution in [0.1, 0.15) is 29.6 Å². The van der Waals surface area contributed by atoms with Crippen molar-refractivity contribution >= 4 is 5.91 Å². The summed E-state index contributed by atoms with van der Waals surface area (Å²) >= 11 is 0. The highest BCUT2D eigenvalue weighted by molar-refractivity contribution is 6.00. The summed E-state index contributed by atoms with van der Waals surface area (Å²) < 4.78 is 1.74. The number of hydrogen-bond donors (Lipinski definition) is 2. The van der Waals surface area contributed by atoms with Gasteiger partial charge in [-0.2, -0.15) is 5.10 Å². The first-order valence-electron chi connectivity index (χ1n) is 9.32. The van der Waals surface area contributed by atoms with E-state index in [1.54, 1.807) is 23.3 Å². The van der Waals surface area contributed by atoms with Crippen molar-refractivity contribution in [1.29, 1.82) is 0 Å². The van der Waals surface area contributed by atoms with Gasteiger partial charge >= 0.3 is 0 Å². The van der Waals surface area contributed by atoms with Crippen molar-refractivity contribution < 1.29 is 4.79 Å². The van der Waals surface area contributed by atoms with Crippen molar-refractivity contribution in [2.75, 3.05) is 6.54 Å². The van der Waals surface area contributed by atoms with E-state index in [-0.39, 0.29) is 11.9 Å². The number of nitrogens with one attached hydrogen (secondary N) is 1. The first-order chi connectivity index (χ1) is 13.3. The van der Waals surface area contributed by atoms with Gasteiger partial charge in [0.25, 0.3) is 5.91 Å². The van der Waals surface area contributed by atoms with Crippen molar-refractivity contribution in [1.82, 2.24) is 20.1 Å². The zero-order chi connectivity index (χ0) is 18.6. The third-order valence-corrected chi connectivity index (χ3v) is 5.19. The minimum Gasteiger partial charge on any atom is -0.349 e. The summed E-state index contributed by atoms with van der Waals surface area (Å²) in [4.78, 5) is 17.2. The number of carbonyl (C=O) groups is 1. The Morgan fingerprint density at radius 3 is 2.78 bits per heavy atom. The molecular formula is C21H23N5O. The smallest absolute Gasteiger partial charge is 0.255 e. The molecule has 4 rings (SSSR count). The molecule has 3 N–H and O–H groups in total. The molecule has 0 saturated heterocycles. The van der Waals surface area contributed by atoms with Crippen LogP contribution in [0.3, 0.4) is 0 Å². The van der Waals surface area contributed by atoms with E-state index in [0.717, 1.165) is 30.5 Å². The Morgan fingerprint density at radius 1 is 1.19 bits per heavy atom. The molecule has 6 heteroatoms. The number of nitrogens with two attached hydrogens (primary N) is 1. The van der Waals surface area contributed by atoms with Gasteiger partial charge in [0.1, 0.15) is 5.69 Å². The highest BCUT2D eigenvalue weighted by Crippen LogP contribution is 2.27. The molecule has 2 heterocycles. The second-order valence-electron chi connectivity index (χ2n) is 6.92. The molecule has 1 aliphatic carbocycles. The average Bonchev–Trinajstić information content (AvgIpc) is 3.36. The van der Waals surface area contributed by atoms with Crippen LogP contribution in [-0.4, -0.2) is 33.3 Å². The quantitative estimate of drug-likeness (QED) is 0.732. The standard InChI is InChI=1S/C21H23N5O/c22-12-15-6-4-10-19(15)24-21(27)18-14-26(17-8-2-1-3-9-17)25-20(18)16-7-5-11-23-13-16/h1-3,5,7-9,11,13-15,19H,4,6,10,12,22H2,(H,24,27). The maximum atomic E-state index is 13.1. The summed E-state index contributed by atoms with van der Waals surface area (Å²) in [7, 11) is 0. The van der Waals surface area contributed by atoms with Gasteiger partial charge in [0, 0.05) is 30.2 Å². The lowest BCUT2D eigenvalue weighted by Crippen LogP contribution is -2.39. The molecule has 2 atom stereocenters. The van der Waals surface area contributed by atoms with Crippen LogP contribution in [0.4, 0.5) is 0 Å². The van der Waals surface area contributed by atoms with Crippen LogP contribution in [0.2, 0.25) is 0 Å². The van der Waals surface area contributed by atoms with E-state index in [9.17, 15) is 4.79 Å². The molecule has 6 nitrogen and oxygen atoms in total. The zero-order valence-corrected chi connectivity index (χ0v) is 15.1. The van der Waals surface area contributed by atoms with Crippen molar-refractivity contribution in [3.05, 3.63) is 66.6 Å². The third-order valence-electron chi connectivity index (χ3n) is 5.19. The molecule has 0 radical (unpaired) electrons. The van der Waals surface area contributed by atoms with Crippen LogP contribution < -0.4 is 11.1 Å². The first kappa shape index (κ1) is 17.4. The molecular weight excluding hydrogens is 338 g/mol. The van der Waals surface area contributed by atoms with Crippen LogP contribution in [0.5, 0.6) is 0 Å². The molecule has 1 saturated carbocycles. The topological polar surface area (TPSA) is 85.8 Å². The van der Waals surface area contributed by atoms with Gasteiger partial charge in [0.05, 0.1) is 11.3 Å². The summed E-state index contributed by atoms with van der Waals surface area (Å²) in [5.74, 6) is 0.237. The number of hydrogen-bond acceptors (Lipinski definition) is 4. The van der Waals surface area contributed by atoms with E-state index in [1.165, 1.54) is 0 Å². The highest BCUT2D eigenvalue weighted by atomic mass is 16.1. The van der Waals surface area contributed by atoms with Gasteiger partial charge in [-0.25, -0.2) is 4.68 Å². The van der Waals surface area contributed by atoms with E-state index in [1.807, 2.05) is 42.5 Å². The number of rotatable bonds is 5. The average molecular weight is 361 g/mol. The number of pyridine rings is 1. The molecule has 1 amide bonds. The van der Waals surface area contributed by atoms with Gasteiger partial charge < -0.3 is 11.1 Å². The van der Waals surface area contributed by atoms with Crippen LogP contribution in [0.15, 0.2) is 61.1 Å². The molecule has 138 valence electrons. The Balaban J connectivity index is 1.70. The first-order valence-corrected chi connectivity index (χ1v) is 9.32. The zero-order valence-electron chi connectivity index (χ0n) is 15.1. The Morgan fingerprint density at radius 2 is 2.04 bits per heavy atom. The Hall–Kier alpha value is -2.99. The Bertz CT molecular complexity index is 907. The summed E-state index contributed by atoms with van der Waals surface area (Å²) in [6, 6.07) is 13.7. The van der Waals surface area contributed by atoms with E-state index in [0.29, 0.717) is 23.7 Å². The highest BCUT2D eigenvalue weighted by Gasteiger charge is 2.29. The molecule has 27 heavy (non-hydrogen) atoms. The monoisotopic (exact) mass is 361 g/mol. The minimum absolute atomic E-state index is 0.110. The van der Waals surface area contributed by atoms with Crippen LogP contribution in [0, 0.1) is 5.92 Å². The van der Waals surface area contributed by atoms with Crippen LogP contribution in [0.25, 0.3) is 16.9 Å². The summed E-state index contributed by atoms with van der Waals surface area (Å²) in [5.41, 5.74) is 8.77. The molecule has 1 fully saturated rings. The van der Waals surface area contributed by atoms with Crippen LogP contribution >= 0.6 is 0 Å². The predicted molar refractivity (Wildman–Crippen MR) is 104 cm³/mol. The fraction of sp³-hybridized carbons (Fsp3) is 0.286. The van der Waals surface area contributed by atoms with Gasteiger partial charge in [-0.1, -0.05) is 24.6 Å². The summed E-state index contributed by atoms with van der Waals surface area (Å²) in [5, 5.41) is 7.86. The minimum atomic E-state index is -0.110. The van der Waals surface area contributed by atoms with E-state index in [2.05, 4.69) is 15.4 Å². The van der Waals surface area contributed by atoms with Gasteiger partial charge in [-0.3, -0.25) is 9.78 Å². The molecule has 2 unspecified atom stereocenters. The number of amides is 1. The van der Waals surface area contributed by atoms with E-state index in [4.69, 9.17) is 5.73 Å². The maximum absolute atomic E-state index is 13.1. The van der Waals surface area contributed by atoms with Gasteiger partial charge in [-0.15, -0.1) is 0 Å². The number of benzene rings is 1. The van der Waals surface area contributed by atoms with Gasteiger partial charge in [0.15, 0.2) is 0 Å². The van der Waals surface area contributed by atoms with Crippen molar-refractivity contribution in [2.45, 2.75) is 25.3 Å². The summed E-state index contributed by atoms with van der Waals surface area (Å²) in [6.07, 6.45) is 8.38. The second kappa shape index (κ2) is 7.72. The molecule has 0 aliphatic heterocycles. The maximum Gasteiger partial charge on any atom is 0.255 e. The Labute approximate surface area is 158 Å². The van der Waals surface area contributed by atoms with Crippen molar-refractivity contribution in [3.8, 4) is 16.9 Å². The molecule has 1 aliphatic rings. The lowest BCUT2D eigenvalue weighted by Gasteiger charge is -2.19. The molecule has 3 aromatic rings. The van der Waals surface area contributed by atoms with Crippen molar-refractivity contribution in [2.24, 2.45) is 11.7 Å². The van der Waals surface area contributed by atoms with E-state index < -0.39 is 0 Å². The predicted octanol–water partition coefficient (Wildman–Crippen LogP) is 2.79. The molecule has 0 spiro atoms. The number of carbonyl (C=O) groups excluding carboxylic acids is 1. The normalized spacial score (nSPS) is 19.1. The fourth-order valence-corrected chi connectivity index (χ4v) is 3.72. The van der Waals surface area contributed by atoms with Gasteiger partial charge in [-0.05, 0) is 49.6 Å².